The summed E-state index contributed by atoms with van der Waals surface area (Å²) in [6, 6.07) is 12.0. The molecule has 0 radical (unpaired) electrons. The van der Waals surface area contributed by atoms with Crippen LogP contribution in [0.15, 0.2) is 51.2 Å². The number of aliphatic imine (C=N–C) groups is 1. The van der Waals surface area contributed by atoms with Crippen LogP contribution in [0.1, 0.15) is 24.3 Å². The highest BCUT2D eigenvalue weighted by molar-refractivity contribution is 14.0. The first-order valence-corrected chi connectivity index (χ1v) is 9.21. The van der Waals surface area contributed by atoms with Crippen molar-refractivity contribution in [3.63, 3.8) is 0 Å². The molecule has 0 aliphatic heterocycles. The summed E-state index contributed by atoms with van der Waals surface area (Å²) in [7, 11) is 0. The summed E-state index contributed by atoms with van der Waals surface area (Å²) in [5.74, 6) is 0.701. The molecule has 1 unspecified atom stereocenters. The second-order valence-electron chi connectivity index (χ2n) is 5.43. The summed E-state index contributed by atoms with van der Waals surface area (Å²) >= 11 is 4.98. The molecule has 24 heavy (non-hydrogen) atoms. The molecule has 1 heterocycles. The van der Waals surface area contributed by atoms with Crippen LogP contribution >= 0.6 is 51.2 Å². The van der Waals surface area contributed by atoms with E-state index in [2.05, 4.69) is 31.6 Å². The average molecular weight is 524 g/mol. The van der Waals surface area contributed by atoms with Gasteiger partial charge in [-0.2, -0.15) is 0 Å². The summed E-state index contributed by atoms with van der Waals surface area (Å²) in [5.41, 5.74) is 0.220. The van der Waals surface area contributed by atoms with E-state index in [0.717, 1.165) is 21.5 Å². The fourth-order valence-corrected chi connectivity index (χ4v) is 3.08. The quantitative estimate of drug-likeness (QED) is 0.303. The Bertz CT molecular complexity index is 630. The predicted molar refractivity (Wildman–Crippen MR) is 116 cm³/mol. The van der Waals surface area contributed by atoms with Crippen LogP contribution in [0.5, 0.6) is 0 Å². The number of nitrogens with one attached hydrogen (secondary N) is 2. The molecule has 0 saturated carbocycles. The molecule has 7 heteroatoms. The van der Waals surface area contributed by atoms with E-state index >= 15 is 0 Å². The first-order valence-electron chi connectivity index (χ1n) is 7.54. The van der Waals surface area contributed by atoms with E-state index in [0.29, 0.717) is 19.0 Å². The third-order valence-corrected chi connectivity index (χ3v) is 4.98. The highest BCUT2D eigenvalue weighted by atomic mass is 127. The maximum Gasteiger partial charge on any atom is 0.191 e. The summed E-state index contributed by atoms with van der Waals surface area (Å²) in [4.78, 5) is 5.51. The Hall–Kier alpha value is -0.640. The van der Waals surface area contributed by atoms with Gasteiger partial charge < -0.3 is 15.7 Å². The first-order chi connectivity index (χ1) is 11.0. The zero-order valence-corrected chi connectivity index (χ0v) is 18.5. The molecular formula is C17H23BrIN3OS. The number of benzene rings is 1. The fraction of sp³-hybridized carbons (Fsp3) is 0.353. The van der Waals surface area contributed by atoms with Crippen molar-refractivity contribution in [3.8, 4) is 0 Å². The monoisotopic (exact) mass is 523 g/mol. The standard InChI is InChI=1S/C17H22BrN3OS.HI/c1-3-19-16(20-11-13-6-8-14(18)9-7-13)21-12-17(2,22)15-5-4-10-23-15;/h4-10,22H,3,11-12H2,1-2H3,(H2,19,20,21);1H. The number of rotatable bonds is 6. The third kappa shape index (κ3) is 6.70. The summed E-state index contributed by atoms with van der Waals surface area (Å²) in [6.45, 7) is 5.59. The number of guanidine groups is 1. The van der Waals surface area contributed by atoms with Crippen LogP contribution in [0.25, 0.3) is 0 Å². The Morgan fingerprint density at radius 1 is 1.25 bits per heavy atom. The van der Waals surface area contributed by atoms with Gasteiger partial charge >= 0.3 is 0 Å². The number of halogens is 2. The topological polar surface area (TPSA) is 56.7 Å². The highest BCUT2D eigenvalue weighted by Gasteiger charge is 2.24. The first kappa shape index (κ1) is 21.4. The maximum atomic E-state index is 10.6. The molecule has 0 bridgehead atoms. The Morgan fingerprint density at radius 3 is 2.54 bits per heavy atom. The lowest BCUT2D eigenvalue weighted by Gasteiger charge is -2.23. The van der Waals surface area contributed by atoms with Crippen molar-refractivity contribution in [2.24, 2.45) is 4.99 Å². The lowest BCUT2D eigenvalue weighted by molar-refractivity contribution is 0.0655. The molecule has 132 valence electrons. The van der Waals surface area contributed by atoms with E-state index in [9.17, 15) is 5.11 Å². The summed E-state index contributed by atoms with van der Waals surface area (Å²) in [5, 5.41) is 19.0. The molecule has 1 atom stereocenters. The molecule has 3 N–H and O–H groups in total. The van der Waals surface area contributed by atoms with Crippen LogP contribution in [0, 0.1) is 0 Å². The Labute approximate surface area is 172 Å². The van der Waals surface area contributed by atoms with E-state index in [1.165, 1.54) is 0 Å². The molecule has 0 aliphatic rings. The van der Waals surface area contributed by atoms with Crippen LogP contribution in [-0.2, 0) is 12.1 Å². The minimum Gasteiger partial charge on any atom is -0.383 e. The van der Waals surface area contributed by atoms with Gasteiger partial charge in [-0.15, -0.1) is 35.3 Å². The molecular weight excluding hydrogens is 501 g/mol. The van der Waals surface area contributed by atoms with Gasteiger partial charge in [-0.05, 0) is 43.0 Å². The molecule has 0 amide bonds. The van der Waals surface area contributed by atoms with Crippen molar-refractivity contribution in [3.05, 3.63) is 56.7 Å². The lowest BCUT2D eigenvalue weighted by Crippen LogP contribution is -2.44. The van der Waals surface area contributed by atoms with Gasteiger partial charge in [0, 0.05) is 15.9 Å². The van der Waals surface area contributed by atoms with E-state index in [1.54, 1.807) is 11.3 Å². The molecule has 1 aromatic carbocycles. The number of nitrogens with zero attached hydrogens (tertiary/aromatic N) is 1. The highest BCUT2D eigenvalue weighted by Crippen LogP contribution is 2.24. The maximum absolute atomic E-state index is 10.6. The van der Waals surface area contributed by atoms with Crippen LogP contribution in [0.3, 0.4) is 0 Å². The smallest absolute Gasteiger partial charge is 0.191 e. The Kier molecular flexibility index (Phi) is 9.25. The predicted octanol–water partition coefficient (Wildman–Crippen LogP) is 4.09. The SMILES string of the molecule is CCNC(=NCc1ccc(Br)cc1)NCC(C)(O)c1cccs1.I. The molecule has 2 aromatic rings. The van der Waals surface area contributed by atoms with Gasteiger partial charge in [-0.25, -0.2) is 4.99 Å². The zero-order valence-electron chi connectivity index (χ0n) is 13.8. The van der Waals surface area contributed by atoms with Crippen molar-refractivity contribution in [2.75, 3.05) is 13.1 Å². The van der Waals surface area contributed by atoms with Gasteiger partial charge in [0.05, 0.1) is 13.1 Å². The molecule has 0 spiro atoms. The van der Waals surface area contributed by atoms with Crippen LogP contribution in [0.4, 0.5) is 0 Å². The van der Waals surface area contributed by atoms with Crippen molar-refractivity contribution in [2.45, 2.75) is 26.0 Å². The van der Waals surface area contributed by atoms with Crippen molar-refractivity contribution in [1.29, 1.82) is 0 Å². The number of aliphatic hydroxyl groups is 1. The normalized spacial score (nSPS) is 13.8. The molecule has 0 fully saturated rings. The fourth-order valence-electron chi connectivity index (χ4n) is 2.03. The molecule has 2 rings (SSSR count). The molecule has 1 aromatic heterocycles. The van der Waals surface area contributed by atoms with Gasteiger partial charge in [-0.3, -0.25) is 0 Å². The summed E-state index contributed by atoms with van der Waals surface area (Å²) < 4.78 is 1.06. The number of hydrogen-bond acceptors (Lipinski definition) is 3. The van der Waals surface area contributed by atoms with E-state index in [-0.39, 0.29) is 24.0 Å². The van der Waals surface area contributed by atoms with E-state index in [4.69, 9.17) is 0 Å². The Morgan fingerprint density at radius 2 is 1.96 bits per heavy atom. The van der Waals surface area contributed by atoms with Gasteiger partial charge in [0.25, 0.3) is 0 Å². The van der Waals surface area contributed by atoms with Gasteiger partial charge in [-0.1, -0.05) is 34.1 Å². The van der Waals surface area contributed by atoms with Crippen LogP contribution in [-0.4, -0.2) is 24.2 Å². The third-order valence-electron chi connectivity index (χ3n) is 3.33. The van der Waals surface area contributed by atoms with Gasteiger partial charge in [0.15, 0.2) is 5.96 Å². The van der Waals surface area contributed by atoms with Crippen molar-refractivity contribution < 1.29 is 5.11 Å². The van der Waals surface area contributed by atoms with Crippen molar-refractivity contribution in [1.82, 2.24) is 10.6 Å². The minimum absolute atomic E-state index is 0. The van der Waals surface area contributed by atoms with E-state index < -0.39 is 5.60 Å². The summed E-state index contributed by atoms with van der Waals surface area (Å²) in [6.07, 6.45) is 0. The zero-order chi connectivity index (χ0) is 16.7. The molecule has 4 nitrogen and oxygen atoms in total. The molecule has 0 aliphatic carbocycles. The second-order valence-corrected chi connectivity index (χ2v) is 7.29. The minimum atomic E-state index is -0.915. The van der Waals surface area contributed by atoms with Crippen molar-refractivity contribution >= 4 is 57.2 Å². The number of hydrogen-bond donors (Lipinski definition) is 3. The second kappa shape index (κ2) is 10.4. The number of thiophene rings is 1. The largest absolute Gasteiger partial charge is 0.383 e. The van der Waals surface area contributed by atoms with E-state index in [1.807, 2.05) is 55.6 Å². The average Bonchev–Trinajstić information content (AvgIpc) is 3.07. The van der Waals surface area contributed by atoms with Gasteiger partial charge in [0.2, 0.25) is 0 Å². The van der Waals surface area contributed by atoms with Crippen LogP contribution < -0.4 is 10.6 Å². The molecule has 0 saturated heterocycles. The van der Waals surface area contributed by atoms with Crippen LogP contribution in [0.2, 0.25) is 0 Å². The lowest BCUT2D eigenvalue weighted by atomic mass is 10.1. The van der Waals surface area contributed by atoms with Gasteiger partial charge in [0.1, 0.15) is 5.60 Å². The Balaban J connectivity index is 0.00000288.